The summed E-state index contributed by atoms with van der Waals surface area (Å²) in [4.78, 5) is 21.3. The van der Waals surface area contributed by atoms with Gasteiger partial charge in [0.05, 0.1) is 31.0 Å². The summed E-state index contributed by atoms with van der Waals surface area (Å²) in [6.07, 6.45) is 2.43. The summed E-state index contributed by atoms with van der Waals surface area (Å²) in [6, 6.07) is 9.35. The molecular formula is C22H22F2N4O3. The minimum absolute atomic E-state index is 0.0346. The second kappa shape index (κ2) is 9.32. The molecular weight excluding hydrogens is 406 g/mol. The molecule has 9 heteroatoms. The fraction of sp³-hybridized carbons (Fsp3) is 0.318. The molecule has 1 saturated heterocycles. The van der Waals surface area contributed by atoms with Gasteiger partial charge in [-0.15, -0.1) is 0 Å². The van der Waals surface area contributed by atoms with Gasteiger partial charge in [-0.05, 0) is 36.2 Å². The van der Waals surface area contributed by atoms with Gasteiger partial charge in [-0.25, -0.2) is 18.7 Å². The van der Waals surface area contributed by atoms with E-state index in [4.69, 9.17) is 4.74 Å². The first-order chi connectivity index (χ1) is 15.0. The summed E-state index contributed by atoms with van der Waals surface area (Å²) in [5.41, 5.74) is 1.16. The van der Waals surface area contributed by atoms with Crippen molar-refractivity contribution in [1.29, 1.82) is 0 Å². The van der Waals surface area contributed by atoms with Crippen LogP contribution in [0.5, 0.6) is 0 Å². The summed E-state index contributed by atoms with van der Waals surface area (Å²) >= 11 is 0. The molecule has 3 heterocycles. The van der Waals surface area contributed by atoms with Gasteiger partial charge < -0.3 is 19.7 Å². The fourth-order valence-electron chi connectivity index (χ4n) is 3.60. The molecule has 2 N–H and O–H groups in total. The van der Waals surface area contributed by atoms with E-state index in [1.807, 2.05) is 0 Å². The third-order valence-corrected chi connectivity index (χ3v) is 5.24. The number of halogens is 2. The topological polar surface area (TPSA) is 89.3 Å². The van der Waals surface area contributed by atoms with Crippen LogP contribution < -0.4 is 10.9 Å². The quantitative estimate of drug-likeness (QED) is 0.627. The van der Waals surface area contributed by atoms with Crippen LogP contribution in [0.4, 0.5) is 14.7 Å². The van der Waals surface area contributed by atoms with Crippen LogP contribution in [0.25, 0.3) is 11.3 Å². The third-order valence-electron chi connectivity index (χ3n) is 5.24. The molecule has 3 atom stereocenters. The summed E-state index contributed by atoms with van der Waals surface area (Å²) in [7, 11) is 0. The molecule has 7 nitrogen and oxygen atoms in total. The van der Waals surface area contributed by atoms with Gasteiger partial charge in [0.2, 0.25) is 5.95 Å². The zero-order chi connectivity index (χ0) is 21.8. The van der Waals surface area contributed by atoms with Crippen LogP contribution in [-0.4, -0.2) is 51.7 Å². The Labute approximate surface area is 177 Å². The summed E-state index contributed by atoms with van der Waals surface area (Å²) < 4.78 is 34.0. The standard InChI is InChI=1S/C22H22F2N4O3/c23-16-3-1-2-15(10-16)20(12-29)28-8-5-14(11-21(28)30)18-4-7-25-22(26-18)27-19-6-9-31-13-17(19)24/h1-5,7-8,10-11,17,19-20,29H,6,9,12-13H2,(H,25,26,27)/t17-,19-,20+/m1/s1. The van der Waals surface area contributed by atoms with E-state index < -0.39 is 24.1 Å². The van der Waals surface area contributed by atoms with E-state index in [0.717, 1.165) is 0 Å². The molecule has 4 rings (SSSR count). The number of benzene rings is 1. The molecule has 162 valence electrons. The molecule has 3 aromatic rings. The predicted octanol–water partition coefficient (Wildman–Crippen LogP) is 2.57. The highest BCUT2D eigenvalue weighted by molar-refractivity contribution is 5.59. The smallest absolute Gasteiger partial charge is 0.251 e. The van der Waals surface area contributed by atoms with Gasteiger partial charge in [0, 0.05) is 30.6 Å². The predicted molar refractivity (Wildman–Crippen MR) is 111 cm³/mol. The molecule has 1 aromatic carbocycles. The molecule has 0 amide bonds. The van der Waals surface area contributed by atoms with E-state index in [1.165, 1.54) is 41.2 Å². The maximum atomic E-state index is 14.0. The van der Waals surface area contributed by atoms with Gasteiger partial charge >= 0.3 is 0 Å². The number of anilines is 1. The van der Waals surface area contributed by atoms with Crippen molar-refractivity contribution >= 4 is 5.95 Å². The lowest BCUT2D eigenvalue weighted by atomic mass is 10.1. The number of alkyl halides is 1. The monoisotopic (exact) mass is 428 g/mol. The van der Waals surface area contributed by atoms with Crippen LogP contribution in [-0.2, 0) is 4.74 Å². The van der Waals surface area contributed by atoms with Crippen molar-refractivity contribution in [3.63, 3.8) is 0 Å². The molecule has 2 aromatic heterocycles. The first-order valence-corrected chi connectivity index (χ1v) is 9.95. The number of aliphatic hydroxyl groups excluding tert-OH is 1. The van der Waals surface area contributed by atoms with Crippen LogP contribution in [0.15, 0.2) is 59.7 Å². The first-order valence-electron chi connectivity index (χ1n) is 9.95. The Bertz CT molecular complexity index is 1110. The zero-order valence-electron chi connectivity index (χ0n) is 16.6. The van der Waals surface area contributed by atoms with Crippen molar-refractivity contribution < 1.29 is 18.6 Å². The van der Waals surface area contributed by atoms with E-state index in [0.29, 0.717) is 29.8 Å². The van der Waals surface area contributed by atoms with Crippen LogP contribution >= 0.6 is 0 Å². The van der Waals surface area contributed by atoms with Gasteiger partial charge in [-0.3, -0.25) is 4.79 Å². The molecule has 0 bridgehead atoms. The normalized spacial score (nSPS) is 19.7. The minimum Gasteiger partial charge on any atom is -0.394 e. The Kier molecular flexibility index (Phi) is 6.34. The van der Waals surface area contributed by atoms with E-state index in [1.54, 1.807) is 18.2 Å². The summed E-state index contributed by atoms with van der Waals surface area (Å²) in [6.45, 7) is 0.139. The van der Waals surface area contributed by atoms with Crippen molar-refractivity contribution in [2.45, 2.75) is 24.7 Å². The molecule has 31 heavy (non-hydrogen) atoms. The highest BCUT2D eigenvalue weighted by Gasteiger charge is 2.26. The number of nitrogens with zero attached hydrogens (tertiary/aromatic N) is 3. The van der Waals surface area contributed by atoms with Crippen molar-refractivity contribution in [2.75, 3.05) is 25.1 Å². The van der Waals surface area contributed by atoms with Crippen molar-refractivity contribution in [3.05, 3.63) is 76.6 Å². The lowest BCUT2D eigenvalue weighted by Crippen LogP contribution is -2.39. The number of rotatable bonds is 6. The largest absolute Gasteiger partial charge is 0.394 e. The number of pyridine rings is 1. The van der Waals surface area contributed by atoms with Gasteiger partial charge in [0.15, 0.2) is 0 Å². The number of ether oxygens (including phenoxy) is 1. The second-order valence-electron chi connectivity index (χ2n) is 7.31. The van der Waals surface area contributed by atoms with E-state index >= 15 is 0 Å². The minimum atomic E-state index is -1.15. The van der Waals surface area contributed by atoms with Gasteiger partial charge in [-0.2, -0.15) is 0 Å². The Morgan fingerprint density at radius 1 is 1.29 bits per heavy atom. The summed E-state index contributed by atoms with van der Waals surface area (Å²) in [5.74, 6) is -0.175. The summed E-state index contributed by atoms with van der Waals surface area (Å²) in [5, 5.41) is 12.8. The zero-order valence-corrected chi connectivity index (χ0v) is 16.6. The molecule has 0 saturated carbocycles. The molecule has 1 aliphatic rings. The van der Waals surface area contributed by atoms with E-state index in [9.17, 15) is 18.7 Å². The number of hydrogen-bond acceptors (Lipinski definition) is 6. The van der Waals surface area contributed by atoms with Gasteiger partial charge in [-0.1, -0.05) is 12.1 Å². The fourth-order valence-corrected chi connectivity index (χ4v) is 3.60. The van der Waals surface area contributed by atoms with Crippen molar-refractivity contribution in [3.8, 4) is 11.3 Å². The SMILES string of the molecule is O=c1cc(-c2ccnc(N[C@@H]3CCOC[C@H]3F)n2)ccn1[C@@H](CO)c1cccc(F)c1. The Balaban J connectivity index is 1.58. The van der Waals surface area contributed by atoms with Crippen LogP contribution in [0.3, 0.4) is 0 Å². The molecule has 1 aliphatic heterocycles. The lowest BCUT2D eigenvalue weighted by molar-refractivity contribution is 0.0284. The lowest BCUT2D eigenvalue weighted by Gasteiger charge is -2.26. The molecule has 0 radical (unpaired) electrons. The first kappa shape index (κ1) is 21.1. The second-order valence-corrected chi connectivity index (χ2v) is 7.31. The maximum absolute atomic E-state index is 14.0. The van der Waals surface area contributed by atoms with Crippen LogP contribution in [0, 0.1) is 5.82 Å². The van der Waals surface area contributed by atoms with Gasteiger partial charge in [0.25, 0.3) is 5.56 Å². The Morgan fingerprint density at radius 3 is 2.90 bits per heavy atom. The van der Waals surface area contributed by atoms with Crippen LogP contribution in [0.1, 0.15) is 18.0 Å². The van der Waals surface area contributed by atoms with Crippen molar-refractivity contribution in [2.24, 2.45) is 0 Å². The van der Waals surface area contributed by atoms with Gasteiger partial charge in [0.1, 0.15) is 12.0 Å². The number of hydrogen-bond donors (Lipinski definition) is 2. The third kappa shape index (κ3) is 4.78. The molecule has 0 spiro atoms. The van der Waals surface area contributed by atoms with Crippen LogP contribution in [0.2, 0.25) is 0 Å². The molecule has 0 aliphatic carbocycles. The Morgan fingerprint density at radius 2 is 2.16 bits per heavy atom. The maximum Gasteiger partial charge on any atom is 0.251 e. The average Bonchev–Trinajstić information content (AvgIpc) is 2.77. The number of aliphatic hydroxyl groups is 1. The van der Waals surface area contributed by atoms with Crippen molar-refractivity contribution in [1.82, 2.24) is 14.5 Å². The van der Waals surface area contributed by atoms with E-state index in [2.05, 4.69) is 15.3 Å². The number of aromatic nitrogens is 3. The Hall–Kier alpha value is -3.17. The highest BCUT2D eigenvalue weighted by Crippen LogP contribution is 2.21. The highest BCUT2D eigenvalue weighted by atomic mass is 19.1. The average molecular weight is 428 g/mol. The molecule has 0 unspecified atom stereocenters. The van der Waals surface area contributed by atoms with E-state index in [-0.39, 0.29) is 24.7 Å². The number of nitrogens with one attached hydrogen (secondary N) is 1. The molecule has 1 fully saturated rings.